The quantitative estimate of drug-likeness (QED) is 0.742. The van der Waals surface area contributed by atoms with E-state index in [0.29, 0.717) is 13.1 Å². The van der Waals surface area contributed by atoms with Gasteiger partial charge in [-0.1, -0.05) is 6.92 Å². The third-order valence-corrected chi connectivity index (χ3v) is 2.97. The Morgan fingerprint density at radius 1 is 1.56 bits per heavy atom. The summed E-state index contributed by atoms with van der Waals surface area (Å²) in [6.45, 7) is 3.53. The number of rotatable bonds is 6. The van der Waals surface area contributed by atoms with E-state index in [1.54, 1.807) is 18.9 Å². The first kappa shape index (κ1) is 14.8. The van der Waals surface area contributed by atoms with Crippen LogP contribution in [0.5, 0.6) is 0 Å². The number of carboxylic acids is 1. The van der Waals surface area contributed by atoms with Crippen LogP contribution in [0.25, 0.3) is 0 Å². The lowest BCUT2D eigenvalue weighted by Gasteiger charge is -2.22. The molecule has 1 fully saturated rings. The highest BCUT2D eigenvalue weighted by atomic mass is 16.5. The predicted octanol–water partition coefficient (Wildman–Crippen LogP) is 0.918. The van der Waals surface area contributed by atoms with E-state index in [-0.39, 0.29) is 24.5 Å². The third-order valence-electron chi connectivity index (χ3n) is 2.97. The standard InChI is InChI=1S/C12H22N2O4/c1-9(6-11(15)16)7-13-12(17)14(2)8-10-4-3-5-18-10/h9-10H,3-8H2,1-2H3,(H,13,17)(H,15,16). The number of nitrogens with zero attached hydrogens (tertiary/aromatic N) is 1. The minimum Gasteiger partial charge on any atom is -0.481 e. The van der Waals surface area contributed by atoms with E-state index >= 15 is 0 Å². The molecule has 0 aliphatic carbocycles. The van der Waals surface area contributed by atoms with Gasteiger partial charge in [0.2, 0.25) is 0 Å². The Morgan fingerprint density at radius 2 is 2.28 bits per heavy atom. The summed E-state index contributed by atoms with van der Waals surface area (Å²) in [5.74, 6) is -0.910. The topological polar surface area (TPSA) is 78.9 Å². The van der Waals surface area contributed by atoms with Crippen molar-refractivity contribution in [1.29, 1.82) is 0 Å². The summed E-state index contributed by atoms with van der Waals surface area (Å²) in [6, 6.07) is -0.178. The van der Waals surface area contributed by atoms with E-state index in [2.05, 4.69) is 5.32 Å². The molecule has 1 aliphatic heterocycles. The molecule has 6 heteroatoms. The number of carbonyl (C=O) groups excluding carboxylic acids is 1. The molecule has 2 amide bonds. The second-order valence-corrected chi connectivity index (χ2v) is 4.90. The van der Waals surface area contributed by atoms with Crippen LogP contribution in [-0.4, -0.2) is 54.9 Å². The maximum atomic E-state index is 11.7. The van der Waals surface area contributed by atoms with Crippen molar-refractivity contribution in [3.63, 3.8) is 0 Å². The molecule has 104 valence electrons. The summed E-state index contributed by atoms with van der Waals surface area (Å²) < 4.78 is 5.45. The van der Waals surface area contributed by atoms with Crippen LogP contribution in [0.3, 0.4) is 0 Å². The first-order valence-corrected chi connectivity index (χ1v) is 6.31. The van der Waals surface area contributed by atoms with Crippen molar-refractivity contribution in [2.24, 2.45) is 5.92 Å². The molecule has 0 bridgehead atoms. The smallest absolute Gasteiger partial charge is 0.317 e. The number of aliphatic carboxylic acids is 1. The van der Waals surface area contributed by atoms with Crippen molar-refractivity contribution in [3.05, 3.63) is 0 Å². The van der Waals surface area contributed by atoms with Crippen LogP contribution < -0.4 is 5.32 Å². The molecule has 1 saturated heterocycles. The van der Waals surface area contributed by atoms with E-state index in [9.17, 15) is 9.59 Å². The van der Waals surface area contributed by atoms with Gasteiger partial charge in [-0.15, -0.1) is 0 Å². The molecular weight excluding hydrogens is 236 g/mol. The number of amides is 2. The van der Waals surface area contributed by atoms with Crippen LogP contribution >= 0.6 is 0 Å². The fraction of sp³-hybridized carbons (Fsp3) is 0.833. The van der Waals surface area contributed by atoms with Crippen LogP contribution in [0.2, 0.25) is 0 Å². The van der Waals surface area contributed by atoms with Crippen molar-refractivity contribution in [3.8, 4) is 0 Å². The van der Waals surface area contributed by atoms with Crippen molar-refractivity contribution < 1.29 is 19.4 Å². The molecule has 0 aromatic rings. The summed E-state index contributed by atoms with van der Waals surface area (Å²) in [6.07, 6.45) is 2.25. The van der Waals surface area contributed by atoms with Crippen molar-refractivity contribution >= 4 is 12.0 Å². The van der Waals surface area contributed by atoms with Gasteiger partial charge in [0.05, 0.1) is 6.10 Å². The lowest BCUT2D eigenvalue weighted by atomic mass is 10.1. The average Bonchev–Trinajstić information content (AvgIpc) is 2.77. The highest BCUT2D eigenvalue weighted by Crippen LogP contribution is 2.12. The van der Waals surface area contributed by atoms with Crippen LogP contribution in [0.15, 0.2) is 0 Å². The summed E-state index contributed by atoms with van der Waals surface area (Å²) in [5, 5.41) is 11.3. The summed E-state index contributed by atoms with van der Waals surface area (Å²) in [4.78, 5) is 23.8. The average molecular weight is 258 g/mol. The second-order valence-electron chi connectivity index (χ2n) is 4.90. The van der Waals surface area contributed by atoms with Crippen molar-refractivity contribution in [2.45, 2.75) is 32.3 Å². The Bertz CT molecular complexity index is 290. The number of urea groups is 1. The van der Waals surface area contributed by atoms with Gasteiger partial charge < -0.3 is 20.1 Å². The molecule has 6 nitrogen and oxygen atoms in total. The molecule has 0 saturated carbocycles. The molecule has 2 atom stereocenters. The van der Waals surface area contributed by atoms with E-state index in [4.69, 9.17) is 9.84 Å². The summed E-state index contributed by atoms with van der Waals surface area (Å²) >= 11 is 0. The SMILES string of the molecule is CC(CNC(=O)N(C)CC1CCCO1)CC(=O)O. The van der Waals surface area contributed by atoms with Gasteiger partial charge in [0.25, 0.3) is 0 Å². The van der Waals surface area contributed by atoms with Crippen LogP contribution in [0, 0.1) is 5.92 Å². The first-order valence-electron chi connectivity index (χ1n) is 6.31. The van der Waals surface area contributed by atoms with Crippen molar-refractivity contribution in [1.82, 2.24) is 10.2 Å². The zero-order valence-electron chi connectivity index (χ0n) is 11.0. The zero-order valence-corrected chi connectivity index (χ0v) is 11.0. The van der Waals surface area contributed by atoms with Gasteiger partial charge in [-0.2, -0.15) is 0 Å². The minimum atomic E-state index is -0.843. The maximum absolute atomic E-state index is 11.7. The third kappa shape index (κ3) is 5.35. The van der Waals surface area contributed by atoms with Gasteiger partial charge >= 0.3 is 12.0 Å². The largest absolute Gasteiger partial charge is 0.481 e. The van der Waals surface area contributed by atoms with E-state index in [1.807, 2.05) is 0 Å². The normalized spacial score (nSPS) is 20.4. The molecular formula is C12H22N2O4. The minimum absolute atomic E-state index is 0.0652. The molecule has 0 aromatic heterocycles. The number of ether oxygens (including phenoxy) is 1. The van der Waals surface area contributed by atoms with Gasteiger partial charge in [-0.05, 0) is 18.8 Å². The summed E-state index contributed by atoms with van der Waals surface area (Å²) in [5.41, 5.74) is 0. The zero-order chi connectivity index (χ0) is 13.5. The molecule has 0 radical (unpaired) electrons. The number of carboxylic acid groups (broad SMARTS) is 1. The van der Waals surface area contributed by atoms with E-state index < -0.39 is 5.97 Å². The summed E-state index contributed by atoms with van der Waals surface area (Å²) in [7, 11) is 1.72. The lowest BCUT2D eigenvalue weighted by Crippen LogP contribution is -2.42. The number of carbonyl (C=O) groups is 2. The maximum Gasteiger partial charge on any atom is 0.317 e. The van der Waals surface area contributed by atoms with Crippen LogP contribution in [0.4, 0.5) is 4.79 Å². The molecule has 1 aliphatic rings. The number of hydrogen-bond donors (Lipinski definition) is 2. The Kier molecular flexibility index (Phi) is 5.91. The number of nitrogens with one attached hydrogen (secondary N) is 1. The van der Waals surface area contributed by atoms with E-state index in [0.717, 1.165) is 19.4 Å². The van der Waals surface area contributed by atoms with Gasteiger partial charge in [0.1, 0.15) is 0 Å². The van der Waals surface area contributed by atoms with Gasteiger partial charge in [-0.25, -0.2) is 4.79 Å². The second kappa shape index (κ2) is 7.20. The Labute approximate surface area is 107 Å². The number of likely N-dealkylation sites (N-methyl/N-ethyl adjacent to an activating group) is 1. The molecule has 1 rings (SSSR count). The van der Waals surface area contributed by atoms with Crippen LogP contribution in [0.1, 0.15) is 26.2 Å². The van der Waals surface area contributed by atoms with Crippen LogP contribution in [-0.2, 0) is 9.53 Å². The molecule has 1 heterocycles. The Morgan fingerprint density at radius 3 is 2.83 bits per heavy atom. The monoisotopic (exact) mass is 258 g/mol. The molecule has 18 heavy (non-hydrogen) atoms. The molecule has 0 spiro atoms. The highest BCUT2D eigenvalue weighted by molar-refractivity contribution is 5.74. The van der Waals surface area contributed by atoms with E-state index in [1.165, 1.54) is 0 Å². The molecule has 0 aromatic carbocycles. The van der Waals surface area contributed by atoms with Gasteiger partial charge in [0, 0.05) is 33.2 Å². The van der Waals surface area contributed by atoms with Crippen molar-refractivity contribution in [2.75, 3.05) is 26.7 Å². The fourth-order valence-electron chi connectivity index (χ4n) is 1.94. The highest BCUT2D eigenvalue weighted by Gasteiger charge is 2.20. The Balaban J connectivity index is 2.20. The van der Waals surface area contributed by atoms with Gasteiger partial charge in [-0.3, -0.25) is 4.79 Å². The first-order chi connectivity index (χ1) is 8.49. The fourth-order valence-corrected chi connectivity index (χ4v) is 1.94. The lowest BCUT2D eigenvalue weighted by molar-refractivity contribution is -0.137. The molecule has 2 unspecified atom stereocenters. The number of hydrogen-bond acceptors (Lipinski definition) is 3. The Hall–Kier alpha value is -1.30. The predicted molar refractivity (Wildman–Crippen MR) is 66.4 cm³/mol. The van der Waals surface area contributed by atoms with Gasteiger partial charge in [0.15, 0.2) is 0 Å². The molecule has 2 N–H and O–H groups in total.